The molecule has 0 aromatic carbocycles. The second-order valence-electron chi connectivity index (χ2n) is 2.37. The molecule has 76 valence electrons. The summed E-state index contributed by atoms with van der Waals surface area (Å²) in [4.78, 5) is 3.75. The molecule has 0 aromatic heterocycles. The van der Waals surface area contributed by atoms with Gasteiger partial charge < -0.3 is 10.7 Å². The van der Waals surface area contributed by atoms with Crippen molar-refractivity contribution < 1.29 is 13.2 Å². The first-order valence-electron chi connectivity index (χ1n) is 3.50. The first-order valence-corrected chi connectivity index (χ1v) is 4.38. The lowest BCUT2D eigenvalue weighted by atomic mass is 10.4. The average Bonchev–Trinajstić information content (AvgIpc) is 2.01. The number of nitrogens with zero attached hydrogens (tertiary/aromatic N) is 1. The molecule has 0 spiro atoms. The lowest BCUT2D eigenvalue weighted by Gasteiger charge is -2.21. The van der Waals surface area contributed by atoms with Gasteiger partial charge in [-0.3, -0.25) is 4.99 Å². The van der Waals surface area contributed by atoms with Crippen LogP contribution in [0.5, 0.6) is 0 Å². The summed E-state index contributed by atoms with van der Waals surface area (Å²) in [6.45, 7) is 0.584. The van der Waals surface area contributed by atoms with Crippen LogP contribution >= 0.6 is 11.8 Å². The van der Waals surface area contributed by atoms with E-state index in [1.54, 1.807) is 0 Å². The SMILES string of the molecule is NNC1=NC(SC(F)(F)F)CNC1. The third kappa shape index (κ3) is 3.83. The molecule has 1 aliphatic rings. The summed E-state index contributed by atoms with van der Waals surface area (Å²) in [5.41, 5.74) is -2.03. The quantitative estimate of drug-likeness (QED) is 0.425. The molecule has 1 atom stereocenters. The maximum atomic E-state index is 11.9. The highest BCUT2D eigenvalue weighted by Crippen LogP contribution is 2.34. The van der Waals surface area contributed by atoms with Crippen LogP contribution in [0.15, 0.2) is 4.99 Å². The van der Waals surface area contributed by atoms with Gasteiger partial charge in [0, 0.05) is 6.54 Å². The Morgan fingerprint density at radius 3 is 2.85 bits per heavy atom. The maximum Gasteiger partial charge on any atom is 0.443 e. The molecule has 0 bridgehead atoms. The molecule has 0 aromatic rings. The Labute approximate surface area is 77.1 Å². The summed E-state index contributed by atoms with van der Waals surface area (Å²) in [6, 6.07) is 0. The van der Waals surface area contributed by atoms with Crippen LogP contribution in [0, 0.1) is 0 Å². The second-order valence-corrected chi connectivity index (χ2v) is 3.61. The van der Waals surface area contributed by atoms with Crippen molar-refractivity contribution in [1.82, 2.24) is 10.7 Å². The Bertz CT molecular complexity index is 204. The van der Waals surface area contributed by atoms with Crippen molar-refractivity contribution in [2.24, 2.45) is 10.8 Å². The molecule has 8 heteroatoms. The molecule has 0 fully saturated rings. The topological polar surface area (TPSA) is 62.4 Å². The van der Waals surface area contributed by atoms with Crippen molar-refractivity contribution in [1.29, 1.82) is 0 Å². The fourth-order valence-corrected chi connectivity index (χ4v) is 1.58. The van der Waals surface area contributed by atoms with Gasteiger partial charge in [0.2, 0.25) is 0 Å². The molecule has 1 aliphatic heterocycles. The van der Waals surface area contributed by atoms with Gasteiger partial charge >= 0.3 is 5.51 Å². The van der Waals surface area contributed by atoms with Crippen LogP contribution in [-0.2, 0) is 0 Å². The molecule has 1 heterocycles. The summed E-state index contributed by atoms with van der Waals surface area (Å²) in [6.07, 6.45) is 0. The molecule has 4 nitrogen and oxygen atoms in total. The Morgan fingerprint density at radius 1 is 1.62 bits per heavy atom. The van der Waals surface area contributed by atoms with E-state index in [1.807, 2.05) is 0 Å². The van der Waals surface area contributed by atoms with E-state index < -0.39 is 10.9 Å². The minimum Gasteiger partial charge on any atom is -0.311 e. The molecule has 0 saturated carbocycles. The zero-order valence-corrected chi connectivity index (χ0v) is 7.37. The predicted octanol–water partition coefficient (Wildman–Crippen LogP) is 0.0305. The predicted molar refractivity (Wildman–Crippen MR) is 45.1 cm³/mol. The fraction of sp³-hybridized carbons (Fsp3) is 0.800. The summed E-state index contributed by atoms with van der Waals surface area (Å²) >= 11 is -0.149. The van der Waals surface area contributed by atoms with Crippen LogP contribution in [0.1, 0.15) is 0 Å². The Morgan fingerprint density at radius 2 is 2.31 bits per heavy atom. The largest absolute Gasteiger partial charge is 0.443 e. The van der Waals surface area contributed by atoms with Crippen LogP contribution in [0.4, 0.5) is 13.2 Å². The first-order chi connectivity index (χ1) is 6.01. The van der Waals surface area contributed by atoms with Crippen LogP contribution in [0.3, 0.4) is 0 Å². The highest BCUT2D eigenvalue weighted by atomic mass is 32.2. The number of nitrogens with two attached hydrogens (primary N) is 1. The smallest absolute Gasteiger partial charge is 0.311 e. The monoisotopic (exact) mass is 214 g/mol. The van der Waals surface area contributed by atoms with Gasteiger partial charge in [0.05, 0.1) is 6.54 Å². The van der Waals surface area contributed by atoms with Crippen LogP contribution in [-0.4, -0.2) is 29.8 Å². The molecule has 13 heavy (non-hydrogen) atoms. The van der Waals surface area contributed by atoms with E-state index in [-0.39, 0.29) is 18.3 Å². The Hall–Kier alpha value is -0.470. The van der Waals surface area contributed by atoms with Gasteiger partial charge in [0.15, 0.2) is 0 Å². The highest BCUT2D eigenvalue weighted by Gasteiger charge is 2.33. The maximum absolute atomic E-state index is 11.9. The fourth-order valence-electron chi connectivity index (χ4n) is 0.890. The molecular weight excluding hydrogens is 205 g/mol. The van der Waals surface area contributed by atoms with E-state index in [1.165, 1.54) is 0 Å². The minimum atomic E-state index is -4.26. The Balaban J connectivity index is 2.51. The van der Waals surface area contributed by atoms with Gasteiger partial charge in [0.25, 0.3) is 0 Å². The number of alkyl halides is 3. The van der Waals surface area contributed by atoms with E-state index >= 15 is 0 Å². The van der Waals surface area contributed by atoms with Gasteiger partial charge in [-0.2, -0.15) is 13.2 Å². The number of thioether (sulfide) groups is 1. The number of amidine groups is 1. The van der Waals surface area contributed by atoms with Gasteiger partial charge in [-0.15, -0.1) is 0 Å². The third-order valence-corrected chi connectivity index (χ3v) is 2.16. The molecule has 1 unspecified atom stereocenters. The van der Waals surface area contributed by atoms with Crippen LogP contribution < -0.4 is 16.6 Å². The summed E-state index contributed by atoms with van der Waals surface area (Å²) in [5.74, 6) is 5.36. The number of nitrogens with one attached hydrogen (secondary N) is 2. The molecule has 0 aliphatic carbocycles. The number of hydrazine groups is 1. The highest BCUT2D eigenvalue weighted by molar-refractivity contribution is 8.00. The lowest BCUT2D eigenvalue weighted by Crippen LogP contribution is -2.45. The van der Waals surface area contributed by atoms with E-state index in [0.29, 0.717) is 12.4 Å². The van der Waals surface area contributed by atoms with Gasteiger partial charge in [-0.05, 0) is 11.8 Å². The van der Waals surface area contributed by atoms with E-state index in [0.717, 1.165) is 0 Å². The minimum absolute atomic E-state index is 0.149. The third-order valence-electron chi connectivity index (χ3n) is 1.35. The van der Waals surface area contributed by atoms with Crippen LogP contribution in [0.25, 0.3) is 0 Å². The zero-order chi connectivity index (χ0) is 9.90. The van der Waals surface area contributed by atoms with E-state index in [9.17, 15) is 13.2 Å². The first kappa shape index (κ1) is 10.6. The standard InChI is InChI=1S/C5H9F3N4S/c6-5(7,8)13-4-2-10-1-3(11-4)12-9/h4,10H,1-2,9H2,(H,11,12). The van der Waals surface area contributed by atoms with Crippen LogP contribution in [0.2, 0.25) is 0 Å². The second kappa shape index (κ2) is 4.16. The Kier molecular flexibility index (Phi) is 3.40. The number of hydrogen-bond acceptors (Lipinski definition) is 5. The van der Waals surface area contributed by atoms with Crippen molar-refractivity contribution >= 4 is 17.6 Å². The van der Waals surface area contributed by atoms with Gasteiger partial charge in [0.1, 0.15) is 11.2 Å². The molecule has 4 N–H and O–H groups in total. The van der Waals surface area contributed by atoms with Crippen molar-refractivity contribution in [2.45, 2.75) is 10.9 Å². The van der Waals surface area contributed by atoms with E-state index in [4.69, 9.17) is 5.84 Å². The lowest BCUT2D eigenvalue weighted by molar-refractivity contribution is -0.0333. The zero-order valence-electron chi connectivity index (χ0n) is 6.56. The van der Waals surface area contributed by atoms with E-state index in [2.05, 4.69) is 15.7 Å². The molecule has 0 saturated heterocycles. The summed E-state index contributed by atoms with van der Waals surface area (Å²) in [5, 5.41) is 1.92. The normalized spacial score (nSPS) is 24.0. The molecular formula is C5H9F3N4S. The van der Waals surface area contributed by atoms with Gasteiger partial charge in [-0.25, -0.2) is 5.84 Å². The van der Waals surface area contributed by atoms with Crippen molar-refractivity contribution in [2.75, 3.05) is 13.1 Å². The van der Waals surface area contributed by atoms with Crippen molar-refractivity contribution in [3.63, 3.8) is 0 Å². The van der Waals surface area contributed by atoms with Gasteiger partial charge in [-0.1, -0.05) is 0 Å². The van der Waals surface area contributed by atoms with Crippen molar-refractivity contribution in [3.05, 3.63) is 0 Å². The average molecular weight is 214 g/mol. The molecule has 0 amide bonds. The number of hydrogen-bond donors (Lipinski definition) is 3. The van der Waals surface area contributed by atoms with Crippen molar-refractivity contribution in [3.8, 4) is 0 Å². The number of halogens is 3. The molecule has 1 rings (SSSR count). The number of rotatable bonds is 1. The number of aliphatic imine (C=N–C) groups is 1. The summed E-state index contributed by atoms with van der Waals surface area (Å²) < 4.78 is 35.7. The molecule has 0 radical (unpaired) electrons. The summed E-state index contributed by atoms with van der Waals surface area (Å²) in [7, 11) is 0.